The van der Waals surface area contributed by atoms with E-state index in [0.717, 1.165) is 16.5 Å². The molecular weight excluding hydrogens is 419 g/mol. The number of ether oxygens (including phenoxy) is 1. The number of hydrogen-bond acceptors (Lipinski definition) is 6. The van der Waals surface area contributed by atoms with E-state index in [2.05, 4.69) is 10.3 Å². The zero-order valence-corrected chi connectivity index (χ0v) is 17.9. The monoisotopic (exact) mass is 440 g/mol. The zero-order valence-electron chi connectivity index (χ0n) is 17.9. The first-order chi connectivity index (χ1) is 16.1. The molecule has 0 fully saturated rings. The van der Waals surface area contributed by atoms with Crippen molar-refractivity contribution in [3.63, 3.8) is 0 Å². The molecule has 0 aliphatic carbocycles. The second-order valence-corrected chi connectivity index (χ2v) is 7.43. The quantitative estimate of drug-likeness (QED) is 0.393. The zero-order chi connectivity index (χ0) is 22.8. The van der Waals surface area contributed by atoms with Gasteiger partial charge in [0.2, 0.25) is 11.9 Å². The van der Waals surface area contributed by atoms with Crippen molar-refractivity contribution in [1.29, 1.82) is 0 Å². The molecule has 0 aliphatic heterocycles. The van der Waals surface area contributed by atoms with E-state index >= 15 is 0 Å². The molecule has 5 aromatic rings. The fourth-order valence-corrected chi connectivity index (χ4v) is 3.62. The molecule has 5 rings (SSSR count). The minimum absolute atomic E-state index is 0.220. The molecular formula is C25H21FN6O. The van der Waals surface area contributed by atoms with Gasteiger partial charge < -0.3 is 15.8 Å². The van der Waals surface area contributed by atoms with Crippen LogP contribution in [0, 0.1) is 5.82 Å². The number of methoxy groups -OCH3 is 1. The SMILES string of the molecule is COc1cccc2c(NCc3ccccc3)nc(-n3cc(-c4ccc(F)cc4)nc3N)nc12. The van der Waals surface area contributed by atoms with Crippen LogP contribution in [0.5, 0.6) is 5.75 Å². The van der Waals surface area contributed by atoms with Crippen LogP contribution in [0.25, 0.3) is 28.1 Å². The van der Waals surface area contributed by atoms with Crippen molar-refractivity contribution in [3.05, 3.63) is 90.4 Å². The fourth-order valence-electron chi connectivity index (χ4n) is 3.62. The number of aromatic nitrogens is 4. The topological polar surface area (TPSA) is 90.9 Å². The molecule has 0 radical (unpaired) electrons. The lowest BCUT2D eigenvalue weighted by Gasteiger charge is -2.13. The Labute approximate surface area is 189 Å². The van der Waals surface area contributed by atoms with Gasteiger partial charge in [-0.05, 0) is 42.0 Å². The number of nitrogens with one attached hydrogen (secondary N) is 1. The standard InChI is InChI=1S/C25H21FN6O/c1-33-21-9-5-8-19-22(21)30-25(31-23(19)28-14-16-6-3-2-4-7-16)32-15-20(29-24(32)27)17-10-12-18(26)13-11-17/h2-13,15H,14H2,1H3,(H2,27,29)(H,28,30,31). The number of para-hydroxylation sites is 1. The maximum atomic E-state index is 13.3. The number of imidazole rings is 1. The van der Waals surface area contributed by atoms with Crippen LogP contribution in [-0.4, -0.2) is 26.6 Å². The summed E-state index contributed by atoms with van der Waals surface area (Å²) in [5, 5.41) is 4.23. The van der Waals surface area contributed by atoms with Crippen molar-refractivity contribution in [1.82, 2.24) is 19.5 Å². The molecule has 0 atom stereocenters. The number of benzene rings is 3. The maximum absolute atomic E-state index is 13.3. The molecule has 0 unspecified atom stereocenters. The Morgan fingerprint density at radius 2 is 1.73 bits per heavy atom. The van der Waals surface area contributed by atoms with E-state index < -0.39 is 0 Å². The lowest BCUT2D eigenvalue weighted by Crippen LogP contribution is -2.09. The van der Waals surface area contributed by atoms with E-state index in [1.807, 2.05) is 48.5 Å². The number of nitrogen functional groups attached to an aromatic ring is 1. The van der Waals surface area contributed by atoms with Gasteiger partial charge in [0, 0.05) is 23.7 Å². The lowest BCUT2D eigenvalue weighted by atomic mass is 10.2. The summed E-state index contributed by atoms with van der Waals surface area (Å²) < 4.78 is 20.5. The molecule has 0 saturated carbocycles. The molecule has 3 N–H and O–H groups in total. The third-order valence-corrected chi connectivity index (χ3v) is 5.29. The van der Waals surface area contributed by atoms with Crippen molar-refractivity contribution in [3.8, 4) is 23.0 Å². The molecule has 8 heteroatoms. The summed E-state index contributed by atoms with van der Waals surface area (Å²) in [4.78, 5) is 13.9. The van der Waals surface area contributed by atoms with Crippen molar-refractivity contribution in [2.45, 2.75) is 6.54 Å². The maximum Gasteiger partial charge on any atom is 0.239 e. The van der Waals surface area contributed by atoms with Crippen molar-refractivity contribution < 1.29 is 9.13 Å². The molecule has 33 heavy (non-hydrogen) atoms. The minimum Gasteiger partial charge on any atom is -0.494 e. The van der Waals surface area contributed by atoms with Gasteiger partial charge in [0.15, 0.2) is 0 Å². The number of rotatable bonds is 6. The Kier molecular flexibility index (Phi) is 5.32. The van der Waals surface area contributed by atoms with Gasteiger partial charge >= 0.3 is 0 Å². The highest BCUT2D eigenvalue weighted by Gasteiger charge is 2.16. The number of halogens is 1. The van der Waals surface area contributed by atoms with E-state index in [4.69, 9.17) is 20.4 Å². The minimum atomic E-state index is -0.315. The largest absolute Gasteiger partial charge is 0.494 e. The Hall–Kier alpha value is -4.46. The number of fused-ring (bicyclic) bond motifs is 1. The molecule has 0 bridgehead atoms. The third kappa shape index (κ3) is 4.06. The molecule has 3 aromatic carbocycles. The Morgan fingerprint density at radius 3 is 2.48 bits per heavy atom. The van der Waals surface area contributed by atoms with Crippen LogP contribution in [0.3, 0.4) is 0 Å². The van der Waals surface area contributed by atoms with Crippen LogP contribution >= 0.6 is 0 Å². The van der Waals surface area contributed by atoms with Gasteiger partial charge in [-0.1, -0.05) is 36.4 Å². The molecule has 0 spiro atoms. The molecule has 0 saturated heterocycles. The van der Waals surface area contributed by atoms with Crippen molar-refractivity contribution in [2.24, 2.45) is 0 Å². The number of nitrogens with two attached hydrogens (primary N) is 1. The van der Waals surface area contributed by atoms with E-state index in [0.29, 0.717) is 35.3 Å². The van der Waals surface area contributed by atoms with Crippen molar-refractivity contribution in [2.75, 3.05) is 18.2 Å². The van der Waals surface area contributed by atoms with Crippen LogP contribution < -0.4 is 15.8 Å². The van der Waals surface area contributed by atoms with Crippen LogP contribution in [0.4, 0.5) is 16.2 Å². The van der Waals surface area contributed by atoms with Gasteiger partial charge in [-0.25, -0.2) is 14.4 Å². The Balaban J connectivity index is 1.60. The van der Waals surface area contributed by atoms with Crippen LogP contribution in [0.15, 0.2) is 79.0 Å². The third-order valence-electron chi connectivity index (χ3n) is 5.29. The summed E-state index contributed by atoms with van der Waals surface area (Å²) in [6, 6.07) is 21.8. The fraction of sp³-hybridized carbons (Fsp3) is 0.0800. The molecule has 0 aliphatic rings. The summed E-state index contributed by atoms with van der Waals surface area (Å²) in [6.07, 6.45) is 1.74. The smallest absolute Gasteiger partial charge is 0.239 e. The summed E-state index contributed by atoms with van der Waals surface area (Å²) >= 11 is 0. The van der Waals surface area contributed by atoms with Crippen LogP contribution in [-0.2, 0) is 6.54 Å². The average molecular weight is 440 g/mol. The van der Waals surface area contributed by atoms with E-state index in [9.17, 15) is 4.39 Å². The number of anilines is 2. The van der Waals surface area contributed by atoms with E-state index in [-0.39, 0.29) is 11.8 Å². The van der Waals surface area contributed by atoms with Gasteiger partial charge in [0.25, 0.3) is 0 Å². The molecule has 2 aromatic heterocycles. The van der Waals surface area contributed by atoms with Crippen LogP contribution in [0.2, 0.25) is 0 Å². The summed E-state index contributed by atoms with van der Waals surface area (Å²) in [5.41, 5.74) is 9.32. The highest BCUT2D eigenvalue weighted by Crippen LogP contribution is 2.30. The first-order valence-electron chi connectivity index (χ1n) is 10.4. The van der Waals surface area contributed by atoms with Gasteiger partial charge in [0.05, 0.1) is 12.8 Å². The predicted molar refractivity (Wildman–Crippen MR) is 127 cm³/mol. The number of hydrogen-bond donors (Lipinski definition) is 2. The highest BCUT2D eigenvalue weighted by atomic mass is 19.1. The Bertz CT molecular complexity index is 1420. The molecule has 2 heterocycles. The van der Waals surface area contributed by atoms with Gasteiger partial charge in [0.1, 0.15) is 22.9 Å². The second-order valence-electron chi connectivity index (χ2n) is 7.43. The van der Waals surface area contributed by atoms with Crippen molar-refractivity contribution >= 4 is 22.7 Å². The van der Waals surface area contributed by atoms with Gasteiger partial charge in [-0.2, -0.15) is 4.98 Å². The van der Waals surface area contributed by atoms with Gasteiger partial charge in [-0.3, -0.25) is 4.57 Å². The van der Waals surface area contributed by atoms with E-state index in [1.54, 1.807) is 30.0 Å². The predicted octanol–water partition coefficient (Wildman–Crippen LogP) is 4.82. The van der Waals surface area contributed by atoms with Crippen LogP contribution in [0.1, 0.15) is 5.56 Å². The molecule has 7 nitrogen and oxygen atoms in total. The first kappa shape index (κ1) is 20.4. The summed E-state index contributed by atoms with van der Waals surface area (Å²) in [6.45, 7) is 0.587. The summed E-state index contributed by atoms with van der Waals surface area (Å²) in [5.74, 6) is 1.52. The summed E-state index contributed by atoms with van der Waals surface area (Å²) in [7, 11) is 1.60. The first-order valence-corrected chi connectivity index (χ1v) is 10.4. The molecule has 164 valence electrons. The van der Waals surface area contributed by atoms with E-state index in [1.165, 1.54) is 12.1 Å². The normalized spacial score (nSPS) is 11.0. The number of nitrogens with zero attached hydrogens (tertiary/aromatic N) is 4. The highest BCUT2D eigenvalue weighted by molar-refractivity contribution is 5.93. The average Bonchev–Trinajstić information content (AvgIpc) is 3.24. The Morgan fingerprint density at radius 1 is 0.939 bits per heavy atom. The lowest BCUT2D eigenvalue weighted by molar-refractivity contribution is 0.419. The van der Waals surface area contributed by atoms with Gasteiger partial charge in [-0.15, -0.1) is 0 Å². The second kappa shape index (κ2) is 8.58. The molecule has 0 amide bonds.